The number of aliphatic carboxylic acids is 1. The molecule has 2 aliphatic heterocycles. The standard InChI is InChI=1S/C24H25Cl2FN2O4.C15H22ClFN2O2.C9H5ClO3.C2HF3O2/c25-16-1-4-22-15(11-16)12-23(33-22)24(31)28-17-5-8-29(9-6-17)10-7-18(30)14-32-19-2-3-20(26)21(27)13-19;16-14-2-1-13(9-15(14)17)21-10-12(20)5-8-19-6-3-11(18)4-7-19;10-6-1-2-7-5(3-6)4-8(13-7)9(11)12;3-2(4,5)1(6)7/h1-4,11-13,17-18,30H,5-10,14H2,(H,28,31);1-2,9,11-12,20H,3-8,10,18H2;1-4H,(H,11,12);(H,6,7). The Kier molecular flexibility index (Phi) is 22.9. The number of ether oxygens (including phenoxy) is 2. The Hall–Kier alpha value is -5.42. The second kappa shape index (κ2) is 28.5. The quantitative estimate of drug-likeness (QED) is 0.0527. The molecule has 24 heteroatoms. The molecule has 15 nitrogen and oxygen atoms in total. The third kappa shape index (κ3) is 19.7. The van der Waals surface area contributed by atoms with Crippen molar-refractivity contribution >= 4 is 86.2 Å². The highest BCUT2D eigenvalue weighted by Gasteiger charge is 2.38. The van der Waals surface area contributed by atoms with E-state index < -0.39 is 42.0 Å². The van der Waals surface area contributed by atoms with Crippen molar-refractivity contribution in [2.75, 3.05) is 52.5 Å². The first-order valence-corrected chi connectivity index (χ1v) is 24.5. The number of rotatable bonds is 15. The number of amides is 1. The van der Waals surface area contributed by atoms with Gasteiger partial charge in [0.15, 0.2) is 5.76 Å². The Balaban J connectivity index is 0.000000210. The van der Waals surface area contributed by atoms with Crippen LogP contribution in [0.5, 0.6) is 11.5 Å². The molecule has 74 heavy (non-hydrogen) atoms. The van der Waals surface area contributed by atoms with Gasteiger partial charge >= 0.3 is 18.1 Å². The smallest absolute Gasteiger partial charge is 0.490 e. The van der Waals surface area contributed by atoms with Crippen molar-refractivity contribution in [1.82, 2.24) is 15.1 Å². The van der Waals surface area contributed by atoms with Gasteiger partial charge in [0, 0.05) is 71.2 Å². The van der Waals surface area contributed by atoms with Gasteiger partial charge in [-0.05, 0) is 124 Å². The number of benzene rings is 4. The summed E-state index contributed by atoms with van der Waals surface area (Å²) in [6, 6.07) is 22.2. The monoisotopic (exact) mass is 1120 g/mol. The Labute approximate surface area is 441 Å². The second-order valence-corrected chi connectivity index (χ2v) is 18.8. The van der Waals surface area contributed by atoms with Crippen LogP contribution in [0.1, 0.15) is 59.6 Å². The molecular formula is C50H53Cl4F5N4O11. The number of carbonyl (C=O) groups excluding carboxylic acids is 1. The Morgan fingerprint density at radius 3 is 1.50 bits per heavy atom. The fourth-order valence-corrected chi connectivity index (χ4v) is 7.92. The number of halogens is 9. The first-order valence-electron chi connectivity index (χ1n) is 23.0. The third-order valence-corrected chi connectivity index (χ3v) is 12.5. The molecule has 8 rings (SSSR count). The fraction of sp³-hybridized carbons (Fsp3) is 0.380. The van der Waals surface area contributed by atoms with Crippen molar-refractivity contribution in [2.24, 2.45) is 5.73 Å². The van der Waals surface area contributed by atoms with Crippen molar-refractivity contribution in [2.45, 2.75) is 69.0 Å². The summed E-state index contributed by atoms with van der Waals surface area (Å²) in [5.41, 5.74) is 7.01. The maximum atomic E-state index is 13.4. The lowest BCUT2D eigenvalue weighted by atomic mass is 10.0. The van der Waals surface area contributed by atoms with Crippen molar-refractivity contribution in [3.8, 4) is 11.5 Å². The van der Waals surface area contributed by atoms with Crippen LogP contribution in [0.4, 0.5) is 22.0 Å². The van der Waals surface area contributed by atoms with E-state index in [1.54, 1.807) is 54.6 Å². The molecule has 2 fully saturated rings. The Bertz CT molecular complexity index is 2790. The lowest BCUT2D eigenvalue weighted by molar-refractivity contribution is -0.192. The molecule has 0 radical (unpaired) electrons. The maximum absolute atomic E-state index is 13.4. The van der Waals surface area contributed by atoms with E-state index in [-0.39, 0.29) is 46.7 Å². The minimum absolute atomic E-state index is 0.0324. The van der Waals surface area contributed by atoms with Gasteiger partial charge in [-0.25, -0.2) is 18.4 Å². The largest absolute Gasteiger partial charge is 0.491 e. The summed E-state index contributed by atoms with van der Waals surface area (Å²) in [6.45, 7) is 5.36. The van der Waals surface area contributed by atoms with Crippen LogP contribution in [-0.2, 0) is 4.79 Å². The number of aliphatic hydroxyl groups excluding tert-OH is 2. The fourth-order valence-electron chi connectivity index (χ4n) is 7.33. The average Bonchev–Trinajstić information content (AvgIpc) is 3.99. The molecule has 6 aromatic rings. The summed E-state index contributed by atoms with van der Waals surface area (Å²) in [7, 11) is 0. The minimum Gasteiger partial charge on any atom is -0.491 e. The van der Waals surface area contributed by atoms with Crippen molar-refractivity contribution in [1.29, 1.82) is 0 Å². The summed E-state index contributed by atoms with van der Waals surface area (Å²) in [5.74, 6) is -4.22. The zero-order chi connectivity index (χ0) is 54.1. The molecular weight excluding hydrogens is 1070 g/mol. The number of piperidine rings is 2. The van der Waals surface area contributed by atoms with E-state index in [2.05, 4.69) is 15.1 Å². The van der Waals surface area contributed by atoms with Gasteiger partial charge in [-0.1, -0.05) is 46.4 Å². The summed E-state index contributed by atoms with van der Waals surface area (Å²) in [4.78, 5) is 36.5. The minimum atomic E-state index is -5.08. The van der Waals surface area contributed by atoms with E-state index in [1.165, 1.54) is 30.3 Å². The second-order valence-electron chi connectivity index (χ2n) is 17.1. The summed E-state index contributed by atoms with van der Waals surface area (Å²) >= 11 is 23.0. The number of furan rings is 2. The van der Waals surface area contributed by atoms with E-state index in [1.807, 2.05) is 0 Å². The first-order chi connectivity index (χ1) is 35.0. The van der Waals surface area contributed by atoms with Crippen LogP contribution in [0, 0.1) is 11.6 Å². The van der Waals surface area contributed by atoms with Crippen molar-refractivity contribution in [3.63, 3.8) is 0 Å². The number of carboxylic acid groups (broad SMARTS) is 2. The van der Waals surface area contributed by atoms with Crippen molar-refractivity contribution < 1.29 is 75.1 Å². The molecule has 402 valence electrons. The number of aromatic carboxylic acids is 1. The molecule has 2 aromatic heterocycles. The van der Waals surface area contributed by atoms with Gasteiger partial charge in [-0.2, -0.15) is 13.2 Å². The van der Waals surface area contributed by atoms with Crippen LogP contribution < -0.4 is 20.5 Å². The molecule has 4 heterocycles. The Morgan fingerprint density at radius 1 is 0.662 bits per heavy atom. The van der Waals surface area contributed by atoms with Gasteiger partial charge in [0.25, 0.3) is 5.91 Å². The van der Waals surface area contributed by atoms with Gasteiger partial charge in [-0.15, -0.1) is 0 Å². The predicted molar refractivity (Wildman–Crippen MR) is 269 cm³/mol. The maximum Gasteiger partial charge on any atom is 0.490 e. The number of carboxylic acids is 2. The van der Waals surface area contributed by atoms with E-state index in [0.717, 1.165) is 63.8 Å². The van der Waals surface area contributed by atoms with E-state index >= 15 is 0 Å². The van der Waals surface area contributed by atoms with Crippen LogP contribution in [0.15, 0.2) is 93.8 Å². The highest BCUT2D eigenvalue weighted by molar-refractivity contribution is 6.32. The topological polar surface area (TPSA) is 221 Å². The normalized spacial score (nSPS) is 15.4. The number of hydrogen-bond acceptors (Lipinski definition) is 12. The van der Waals surface area contributed by atoms with Gasteiger partial charge in [-0.3, -0.25) is 4.79 Å². The van der Waals surface area contributed by atoms with E-state index in [0.29, 0.717) is 63.5 Å². The van der Waals surface area contributed by atoms with Crippen LogP contribution in [0.25, 0.3) is 21.9 Å². The van der Waals surface area contributed by atoms with Gasteiger partial charge in [0.2, 0.25) is 5.76 Å². The number of nitrogens with one attached hydrogen (secondary N) is 1. The number of nitrogens with two attached hydrogens (primary N) is 1. The summed E-state index contributed by atoms with van der Waals surface area (Å²) in [6.07, 6.45) is -1.50. The highest BCUT2D eigenvalue weighted by atomic mass is 35.5. The number of hydrogen-bond donors (Lipinski definition) is 6. The molecule has 0 bridgehead atoms. The lowest BCUT2D eigenvalue weighted by Crippen LogP contribution is -2.45. The number of alkyl halides is 3. The zero-order valence-electron chi connectivity index (χ0n) is 39.3. The molecule has 0 aliphatic carbocycles. The molecule has 7 N–H and O–H groups in total. The highest BCUT2D eigenvalue weighted by Crippen LogP contribution is 2.26. The molecule has 4 aromatic carbocycles. The van der Waals surface area contributed by atoms with Gasteiger partial charge in [0.1, 0.15) is 47.5 Å². The van der Waals surface area contributed by atoms with E-state index in [4.69, 9.17) is 85.5 Å². The first kappa shape index (κ1) is 59.5. The summed E-state index contributed by atoms with van der Waals surface area (Å²) in [5, 5.41) is 41.7. The molecule has 2 saturated heterocycles. The zero-order valence-corrected chi connectivity index (χ0v) is 42.3. The van der Waals surface area contributed by atoms with E-state index in [9.17, 15) is 41.8 Å². The van der Waals surface area contributed by atoms with Crippen LogP contribution >= 0.6 is 46.4 Å². The molecule has 2 unspecified atom stereocenters. The number of aliphatic hydroxyl groups is 2. The number of nitrogens with zero attached hydrogens (tertiary/aromatic N) is 2. The van der Waals surface area contributed by atoms with Crippen LogP contribution in [0.3, 0.4) is 0 Å². The number of fused-ring (bicyclic) bond motifs is 2. The van der Waals surface area contributed by atoms with Gasteiger partial charge in [0.05, 0.1) is 22.3 Å². The molecule has 0 saturated carbocycles. The molecule has 0 spiro atoms. The number of likely N-dealkylation sites (tertiary alicyclic amines) is 2. The molecule has 1 amide bonds. The van der Waals surface area contributed by atoms with Crippen LogP contribution in [0.2, 0.25) is 20.1 Å². The van der Waals surface area contributed by atoms with Gasteiger partial charge < -0.3 is 59.6 Å². The third-order valence-electron chi connectivity index (χ3n) is 11.4. The average molecular weight is 1120 g/mol. The lowest BCUT2D eigenvalue weighted by Gasteiger charge is -2.32. The summed E-state index contributed by atoms with van der Waals surface area (Å²) < 4.78 is 79.9. The SMILES string of the molecule is NC1CCN(CCC(O)COc2ccc(Cl)c(F)c2)CC1.O=C(NC1CCN(CCC(O)COc2ccc(Cl)c(F)c2)CC1)c1cc2cc(Cl)ccc2o1.O=C(O)C(F)(F)F.O=C(O)c1cc2cc(Cl)ccc2o1. The number of carbonyl (C=O) groups is 3. The predicted octanol–water partition coefficient (Wildman–Crippen LogP) is 10.4. The Morgan fingerprint density at radius 2 is 1.08 bits per heavy atom. The van der Waals surface area contributed by atoms with Crippen molar-refractivity contribution in [3.05, 3.63) is 128 Å². The molecule has 2 atom stereocenters. The van der Waals surface area contributed by atoms with Crippen LogP contribution in [-0.4, -0.2) is 131 Å². The molecule has 2 aliphatic rings.